The maximum Gasteiger partial charge on any atom is 0.306 e. The van der Waals surface area contributed by atoms with Crippen molar-refractivity contribution in [1.82, 2.24) is 5.32 Å². The van der Waals surface area contributed by atoms with E-state index in [0.717, 1.165) is 0 Å². The number of hydrogen-bond donors (Lipinski definition) is 2. The minimum Gasteiger partial charge on any atom is -0.463 e. The van der Waals surface area contributed by atoms with E-state index in [1.165, 1.54) is 6.92 Å². The SMILES string of the molecule is CCC(=O)OCC1O[C@@H](O)C(NC(C)=O)[C@@H](OC(=O)CC)[C@@H]1OC(=O)CC. The summed E-state index contributed by atoms with van der Waals surface area (Å²) in [6, 6.07) is -1.16. The van der Waals surface area contributed by atoms with Crippen LogP contribution >= 0.6 is 0 Å². The fraction of sp³-hybridized carbons (Fsp3) is 0.765. The summed E-state index contributed by atoms with van der Waals surface area (Å²) >= 11 is 0. The molecule has 154 valence electrons. The van der Waals surface area contributed by atoms with Crippen LogP contribution in [0.15, 0.2) is 0 Å². The normalized spacial score (nSPS) is 27.4. The fourth-order valence-electron chi connectivity index (χ4n) is 2.47. The second-order valence-electron chi connectivity index (χ2n) is 5.94. The third-order valence-electron chi connectivity index (χ3n) is 3.85. The molecule has 10 heteroatoms. The van der Waals surface area contributed by atoms with Crippen LogP contribution in [0.2, 0.25) is 0 Å². The zero-order valence-electron chi connectivity index (χ0n) is 15.9. The standard InChI is InChI=1S/C17H27NO9/c1-5-11(20)24-8-10-15(26-12(21)6-2)16(27-13(22)7-3)14(17(23)25-10)18-9(4)19/h10,14-17,23H,5-8H2,1-4H3,(H,18,19)/t10?,14?,15-,16-,17-/m1/s1. The first-order valence-corrected chi connectivity index (χ1v) is 8.88. The van der Waals surface area contributed by atoms with Gasteiger partial charge in [0.25, 0.3) is 0 Å². The maximum absolute atomic E-state index is 11.9. The number of carbonyl (C=O) groups excluding carboxylic acids is 4. The molecule has 0 aliphatic carbocycles. The zero-order valence-corrected chi connectivity index (χ0v) is 15.9. The number of carbonyl (C=O) groups is 4. The first-order valence-electron chi connectivity index (χ1n) is 8.88. The molecule has 0 aromatic rings. The van der Waals surface area contributed by atoms with Crippen molar-refractivity contribution in [1.29, 1.82) is 0 Å². The molecule has 1 saturated heterocycles. The molecular formula is C17H27NO9. The van der Waals surface area contributed by atoms with E-state index in [2.05, 4.69) is 5.32 Å². The van der Waals surface area contributed by atoms with Gasteiger partial charge in [-0.25, -0.2) is 0 Å². The molecule has 0 aromatic carbocycles. The summed E-state index contributed by atoms with van der Waals surface area (Å²) in [5, 5.41) is 12.7. The Labute approximate surface area is 157 Å². The molecule has 2 unspecified atom stereocenters. The van der Waals surface area contributed by atoms with Crippen molar-refractivity contribution in [3.63, 3.8) is 0 Å². The van der Waals surface area contributed by atoms with Gasteiger partial charge in [0, 0.05) is 26.2 Å². The lowest BCUT2D eigenvalue weighted by atomic mass is 9.96. The monoisotopic (exact) mass is 389 g/mol. The van der Waals surface area contributed by atoms with Crippen molar-refractivity contribution < 1.29 is 43.2 Å². The molecule has 1 fully saturated rings. The molecule has 2 N–H and O–H groups in total. The number of rotatable bonds is 8. The van der Waals surface area contributed by atoms with Gasteiger partial charge in [-0.15, -0.1) is 0 Å². The molecule has 0 spiro atoms. The molecule has 27 heavy (non-hydrogen) atoms. The van der Waals surface area contributed by atoms with E-state index in [9.17, 15) is 24.3 Å². The van der Waals surface area contributed by atoms with E-state index < -0.39 is 54.5 Å². The highest BCUT2D eigenvalue weighted by Gasteiger charge is 2.50. The van der Waals surface area contributed by atoms with Gasteiger partial charge >= 0.3 is 17.9 Å². The van der Waals surface area contributed by atoms with Crippen molar-refractivity contribution in [3.05, 3.63) is 0 Å². The lowest BCUT2D eigenvalue weighted by Crippen LogP contribution is -2.66. The number of ether oxygens (including phenoxy) is 4. The van der Waals surface area contributed by atoms with Gasteiger partial charge in [-0.2, -0.15) is 0 Å². The number of aliphatic hydroxyl groups excluding tert-OH is 1. The summed E-state index contributed by atoms with van der Waals surface area (Å²) in [7, 11) is 0. The van der Waals surface area contributed by atoms with E-state index >= 15 is 0 Å². The van der Waals surface area contributed by atoms with E-state index in [0.29, 0.717) is 0 Å². The topological polar surface area (TPSA) is 137 Å². The molecule has 10 nitrogen and oxygen atoms in total. The third-order valence-corrected chi connectivity index (χ3v) is 3.85. The Hall–Kier alpha value is -2.20. The lowest BCUT2D eigenvalue weighted by molar-refractivity contribution is -0.265. The Morgan fingerprint density at radius 2 is 1.44 bits per heavy atom. The molecule has 1 aliphatic rings. The quantitative estimate of drug-likeness (QED) is 0.427. The van der Waals surface area contributed by atoms with Crippen molar-refractivity contribution >= 4 is 23.8 Å². The Morgan fingerprint density at radius 1 is 0.926 bits per heavy atom. The van der Waals surface area contributed by atoms with Gasteiger partial charge in [0.05, 0.1) is 0 Å². The summed E-state index contributed by atoms with van der Waals surface area (Å²) in [6.07, 6.45) is -4.85. The van der Waals surface area contributed by atoms with Crippen LogP contribution in [-0.4, -0.2) is 66.2 Å². The lowest BCUT2D eigenvalue weighted by Gasteiger charge is -2.43. The van der Waals surface area contributed by atoms with Gasteiger partial charge in [0.1, 0.15) is 18.8 Å². The van der Waals surface area contributed by atoms with E-state index in [-0.39, 0.29) is 25.9 Å². The molecule has 1 heterocycles. The van der Waals surface area contributed by atoms with Crippen molar-refractivity contribution in [3.8, 4) is 0 Å². The van der Waals surface area contributed by atoms with Crippen LogP contribution < -0.4 is 5.32 Å². The average Bonchev–Trinajstić information content (AvgIpc) is 2.64. The molecule has 5 atom stereocenters. The van der Waals surface area contributed by atoms with Gasteiger partial charge in [-0.3, -0.25) is 19.2 Å². The average molecular weight is 389 g/mol. The van der Waals surface area contributed by atoms with Crippen LogP contribution in [0.3, 0.4) is 0 Å². The number of amides is 1. The number of esters is 3. The molecule has 1 rings (SSSR count). The van der Waals surface area contributed by atoms with Gasteiger partial charge in [0.2, 0.25) is 5.91 Å². The Bertz CT molecular complexity index is 551. The van der Waals surface area contributed by atoms with Crippen molar-refractivity contribution in [2.45, 2.75) is 77.6 Å². The zero-order chi connectivity index (χ0) is 20.6. The highest BCUT2D eigenvalue weighted by atomic mass is 16.7. The van der Waals surface area contributed by atoms with Gasteiger partial charge in [-0.1, -0.05) is 20.8 Å². The molecule has 1 aliphatic heterocycles. The van der Waals surface area contributed by atoms with E-state index in [4.69, 9.17) is 18.9 Å². The Morgan fingerprint density at radius 3 is 1.93 bits per heavy atom. The Balaban J connectivity index is 3.15. The first kappa shape index (κ1) is 22.8. The predicted octanol–water partition coefficient (Wildman–Crippen LogP) is -0.195. The van der Waals surface area contributed by atoms with Crippen molar-refractivity contribution in [2.75, 3.05) is 6.61 Å². The summed E-state index contributed by atoms with van der Waals surface area (Å²) in [6.45, 7) is 5.64. The Kier molecular flexibility index (Phi) is 9.16. The van der Waals surface area contributed by atoms with Crippen LogP contribution in [0, 0.1) is 0 Å². The molecule has 1 amide bonds. The predicted molar refractivity (Wildman–Crippen MR) is 90.1 cm³/mol. The van der Waals surface area contributed by atoms with Crippen molar-refractivity contribution in [2.24, 2.45) is 0 Å². The maximum atomic E-state index is 11.9. The molecule has 0 radical (unpaired) electrons. The number of aliphatic hydroxyl groups is 1. The van der Waals surface area contributed by atoms with Crippen LogP contribution in [-0.2, 0) is 38.1 Å². The highest BCUT2D eigenvalue weighted by molar-refractivity contribution is 5.74. The minimum absolute atomic E-state index is 0.0319. The smallest absolute Gasteiger partial charge is 0.306 e. The third kappa shape index (κ3) is 6.79. The largest absolute Gasteiger partial charge is 0.463 e. The van der Waals surface area contributed by atoms with Crippen LogP contribution in [0.1, 0.15) is 47.0 Å². The molecule has 0 bridgehead atoms. The highest BCUT2D eigenvalue weighted by Crippen LogP contribution is 2.26. The summed E-state index contributed by atoms with van der Waals surface area (Å²) in [5.41, 5.74) is 0. The van der Waals surface area contributed by atoms with E-state index in [1.807, 2.05) is 0 Å². The van der Waals surface area contributed by atoms with Crippen LogP contribution in [0.25, 0.3) is 0 Å². The summed E-state index contributed by atoms with van der Waals surface area (Å²) < 4.78 is 21.1. The molecule has 0 aromatic heterocycles. The van der Waals surface area contributed by atoms with Crippen LogP contribution in [0.4, 0.5) is 0 Å². The second-order valence-corrected chi connectivity index (χ2v) is 5.94. The summed E-state index contributed by atoms with van der Waals surface area (Å²) in [4.78, 5) is 46.6. The summed E-state index contributed by atoms with van der Waals surface area (Å²) in [5.74, 6) is -2.24. The first-order chi connectivity index (χ1) is 12.7. The molecular weight excluding hydrogens is 362 g/mol. The minimum atomic E-state index is -1.56. The molecule has 0 saturated carbocycles. The number of hydrogen-bond acceptors (Lipinski definition) is 9. The number of nitrogens with one attached hydrogen (secondary N) is 1. The van der Waals surface area contributed by atoms with E-state index in [1.54, 1.807) is 20.8 Å². The fourth-order valence-corrected chi connectivity index (χ4v) is 2.47. The second kappa shape index (κ2) is 10.8. The van der Waals surface area contributed by atoms with Gasteiger partial charge in [-0.05, 0) is 0 Å². The van der Waals surface area contributed by atoms with Gasteiger partial charge < -0.3 is 29.4 Å². The van der Waals surface area contributed by atoms with Gasteiger partial charge in [0.15, 0.2) is 18.5 Å². The van der Waals surface area contributed by atoms with Crippen LogP contribution in [0.5, 0.6) is 0 Å².